The molecule has 2 amide bonds. The first kappa shape index (κ1) is 19.6. The van der Waals surface area contributed by atoms with E-state index in [1.807, 2.05) is 24.3 Å². The molecule has 0 bridgehead atoms. The summed E-state index contributed by atoms with van der Waals surface area (Å²) in [6.45, 7) is 5.28. The molecule has 0 unspecified atom stereocenters. The van der Waals surface area contributed by atoms with E-state index in [2.05, 4.69) is 25.9 Å². The lowest BCUT2D eigenvalue weighted by Gasteiger charge is -2.25. The van der Waals surface area contributed by atoms with Crippen molar-refractivity contribution in [3.05, 3.63) is 45.9 Å². The minimum absolute atomic E-state index is 0.185. The fourth-order valence-corrected chi connectivity index (χ4v) is 3.65. The van der Waals surface area contributed by atoms with Crippen LogP contribution in [0.4, 0.5) is 4.79 Å². The first-order valence-electron chi connectivity index (χ1n) is 9.11. The first-order chi connectivity index (χ1) is 13.2. The summed E-state index contributed by atoms with van der Waals surface area (Å²) in [6.07, 6.45) is 0.721. The number of hydrogen-bond donors (Lipinski definition) is 2. The number of amides is 2. The van der Waals surface area contributed by atoms with E-state index in [9.17, 15) is 4.79 Å². The number of hydrogen-bond acceptors (Lipinski definition) is 6. The predicted molar refractivity (Wildman–Crippen MR) is 105 cm³/mol. The molecule has 27 heavy (non-hydrogen) atoms. The van der Waals surface area contributed by atoms with E-state index in [4.69, 9.17) is 9.47 Å². The summed E-state index contributed by atoms with van der Waals surface area (Å²) in [5, 5.41) is 8.71. The Morgan fingerprint density at radius 1 is 1.30 bits per heavy atom. The van der Waals surface area contributed by atoms with Gasteiger partial charge in [-0.15, -0.1) is 11.3 Å². The van der Waals surface area contributed by atoms with E-state index in [1.165, 1.54) is 0 Å². The van der Waals surface area contributed by atoms with Crippen molar-refractivity contribution >= 4 is 17.4 Å². The van der Waals surface area contributed by atoms with Crippen LogP contribution in [0, 0.1) is 0 Å². The highest BCUT2D eigenvalue weighted by molar-refractivity contribution is 7.09. The molecule has 1 aromatic heterocycles. The van der Waals surface area contributed by atoms with Gasteiger partial charge in [-0.2, -0.15) is 0 Å². The largest absolute Gasteiger partial charge is 0.496 e. The van der Waals surface area contributed by atoms with Crippen LogP contribution in [-0.4, -0.2) is 55.9 Å². The molecule has 146 valence electrons. The van der Waals surface area contributed by atoms with Gasteiger partial charge < -0.3 is 20.1 Å². The number of benzene rings is 1. The minimum Gasteiger partial charge on any atom is -0.496 e. The molecule has 7 nitrogen and oxygen atoms in total. The lowest BCUT2D eigenvalue weighted by molar-refractivity contribution is 0.0337. The standard InChI is InChI=1S/C19H26N4O3S/c1-25-17-5-3-2-4-15(17)6-7-20-19(24)21-12-18-22-16(14-27-18)13-23-8-10-26-11-9-23/h2-5,14H,6-13H2,1H3,(H2,20,21,24). The van der Waals surface area contributed by atoms with Crippen LogP contribution in [0.1, 0.15) is 16.3 Å². The zero-order valence-electron chi connectivity index (χ0n) is 15.6. The number of urea groups is 1. The molecule has 1 fully saturated rings. The van der Waals surface area contributed by atoms with Crippen molar-refractivity contribution in [1.29, 1.82) is 0 Å². The number of nitrogens with zero attached hydrogens (tertiary/aromatic N) is 2. The van der Waals surface area contributed by atoms with E-state index in [0.29, 0.717) is 13.1 Å². The average molecular weight is 391 g/mol. The number of morpholine rings is 1. The van der Waals surface area contributed by atoms with Gasteiger partial charge in [0.2, 0.25) is 0 Å². The monoisotopic (exact) mass is 390 g/mol. The molecule has 1 aromatic carbocycles. The zero-order valence-corrected chi connectivity index (χ0v) is 16.4. The van der Waals surface area contributed by atoms with E-state index in [-0.39, 0.29) is 6.03 Å². The molecule has 1 aliphatic rings. The van der Waals surface area contributed by atoms with Gasteiger partial charge in [0, 0.05) is 31.6 Å². The van der Waals surface area contributed by atoms with Gasteiger partial charge in [-0.3, -0.25) is 4.90 Å². The van der Waals surface area contributed by atoms with E-state index < -0.39 is 0 Å². The lowest BCUT2D eigenvalue weighted by Crippen LogP contribution is -2.36. The Morgan fingerprint density at radius 2 is 2.11 bits per heavy atom. The topological polar surface area (TPSA) is 75.7 Å². The number of nitrogens with one attached hydrogen (secondary N) is 2. The van der Waals surface area contributed by atoms with Crippen LogP contribution in [0.25, 0.3) is 0 Å². The Kier molecular flexibility index (Phi) is 7.44. The van der Waals surface area contributed by atoms with Gasteiger partial charge in [0.05, 0.1) is 32.6 Å². The van der Waals surface area contributed by atoms with Crippen molar-refractivity contribution in [1.82, 2.24) is 20.5 Å². The number of carbonyl (C=O) groups is 1. The molecule has 0 radical (unpaired) electrons. The third-order valence-electron chi connectivity index (χ3n) is 4.36. The molecule has 1 aliphatic heterocycles. The first-order valence-corrected chi connectivity index (χ1v) is 9.99. The molecule has 1 saturated heterocycles. The van der Waals surface area contributed by atoms with Gasteiger partial charge in [0.1, 0.15) is 10.8 Å². The van der Waals surface area contributed by atoms with E-state index >= 15 is 0 Å². The van der Waals surface area contributed by atoms with Gasteiger partial charge in [0.15, 0.2) is 0 Å². The van der Waals surface area contributed by atoms with Gasteiger partial charge in [0.25, 0.3) is 0 Å². The summed E-state index contributed by atoms with van der Waals surface area (Å²) >= 11 is 1.58. The highest BCUT2D eigenvalue weighted by Crippen LogP contribution is 2.17. The summed E-state index contributed by atoms with van der Waals surface area (Å²) in [6, 6.07) is 7.64. The van der Waals surface area contributed by atoms with Gasteiger partial charge in [-0.05, 0) is 18.1 Å². The van der Waals surface area contributed by atoms with Gasteiger partial charge in [-0.1, -0.05) is 18.2 Å². The maximum absolute atomic E-state index is 12.0. The molecular weight excluding hydrogens is 364 g/mol. The van der Waals surface area contributed by atoms with Gasteiger partial charge in [-0.25, -0.2) is 9.78 Å². The summed E-state index contributed by atoms with van der Waals surface area (Å²) in [5.74, 6) is 0.843. The molecule has 2 heterocycles. The van der Waals surface area contributed by atoms with Crippen molar-refractivity contribution in [3.8, 4) is 5.75 Å². The van der Waals surface area contributed by atoms with Crippen molar-refractivity contribution in [3.63, 3.8) is 0 Å². The van der Waals surface area contributed by atoms with Crippen LogP contribution in [0.5, 0.6) is 5.75 Å². The SMILES string of the molecule is COc1ccccc1CCNC(=O)NCc1nc(CN2CCOCC2)cs1. The molecular formula is C19H26N4O3S. The molecule has 0 saturated carbocycles. The molecule has 0 spiro atoms. The quantitative estimate of drug-likeness (QED) is 0.721. The van der Waals surface area contributed by atoms with Crippen molar-refractivity contribution < 1.29 is 14.3 Å². The van der Waals surface area contributed by atoms with Crippen molar-refractivity contribution in [2.45, 2.75) is 19.5 Å². The Hall–Kier alpha value is -2.16. The van der Waals surface area contributed by atoms with Crippen LogP contribution in [0.3, 0.4) is 0 Å². The second-order valence-electron chi connectivity index (χ2n) is 6.29. The third kappa shape index (κ3) is 6.20. The molecule has 2 aromatic rings. The Bertz CT molecular complexity index is 731. The second-order valence-corrected chi connectivity index (χ2v) is 7.24. The minimum atomic E-state index is -0.185. The normalized spacial score (nSPS) is 14.7. The number of methoxy groups -OCH3 is 1. The van der Waals surface area contributed by atoms with Crippen molar-refractivity contribution in [2.75, 3.05) is 40.0 Å². The van der Waals surface area contributed by atoms with Crippen LogP contribution in [0.2, 0.25) is 0 Å². The summed E-state index contributed by atoms with van der Waals surface area (Å²) < 4.78 is 10.7. The zero-order chi connectivity index (χ0) is 18.9. The van der Waals surface area contributed by atoms with Crippen LogP contribution < -0.4 is 15.4 Å². The second kappa shape index (κ2) is 10.2. The maximum atomic E-state index is 12.0. The predicted octanol–water partition coefficient (Wildman–Crippen LogP) is 2.03. The Balaban J connectivity index is 1.36. The summed E-state index contributed by atoms with van der Waals surface area (Å²) in [7, 11) is 1.65. The number of para-hydroxylation sites is 1. The summed E-state index contributed by atoms with van der Waals surface area (Å²) in [5.41, 5.74) is 2.13. The molecule has 3 rings (SSSR count). The number of ether oxygens (including phenoxy) is 2. The number of aromatic nitrogens is 1. The van der Waals surface area contributed by atoms with Crippen LogP contribution >= 0.6 is 11.3 Å². The highest BCUT2D eigenvalue weighted by atomic mass is 32.1. The smallest absolute Gasteiger partial charge is 0.315 e. The van der Waals surface area contributed by atoms with Crippen LogP contribution in [-0.2, 0) is 24.2 Å². The van der Waals surface area contributed by atoms with Crippen molar-refractivity contribution in [2.24, 2.45) is 0 Å². The number of carbonyl (C=O) groups excluding carboxylic acids is 1. The van der Waals surface area contributed by atoms with E-state index in [1.54, 1.807) is 18.4 Å². The maximum Gasteiger partial charge on any atom is 0.315 e. The molecule has 8 heteroatoms. The summed E-state index contributed by atoms with van der Waals surface area (Å²) in [4.78, 5) is 18.9. The van der Waals surface area contributed by atoms with E-state index in [0.717, 1.165) is 61.3 Å². The Morgan fingerprint density at radius 3 is 2.93 bits per heavy atom. The highest BCUT2D eigenvalue weighted by Gasteiger charge is 2.13. The fraction of sp³-hybridized carbons (Fsp3) is 0.474. The third-order valence-corrected chi connectivity index (χ3v) is 5.26. The van der Waals surface area contributed by atoms with Crippen LogP contribution in [0.15, 0.2) is 29.6 Å². The fourth-order valence-electron chi connectivity index (χ4n) is 2.93. The molecule has 0 aliphatic carbocycles. The Labute approximate surface area is 163 Å². The average Bonchev–Trinajstić information content (AvgIpc) is 3.15. The molecule has 2 N–H and O–H groups in total. The lowest BCUT2D eigenvalue weighted by atomic mass is 10.1. The number of thiazole rings is 1. The van der Waals surface area contributed by atoms with Gasteiger partial charge >= 0.3 is 6.03 Å². The molecule has 0 atom stereocenters. The number of rotatable bonds is 8.